The van der Waals surface area contributed by atoms with Gasteiger partial charge in [-0.25, -0.2) is 0 Å². The van der Waals surface area contributed by atoms with E-state index in [0.717, 1.165) is 11.3 Å². The van der Waals surface area contributed by atoms with E-state index in [1.165, 1.54) is 0 Å². The number of pyridine rings is 1. The van der Waals surface area contributed by atoms with Crippen LogP contribution in [0.15, 0.2) is 18.3 Å². The molecule has 3 N–H and O–H groups in total. The second kappa shape index (κ2) is 7.09. The van der Waals surface area contributed by atoms with Crippen molar-refractivity contribution in [3.63, 3.8) is 0 Å². The maximum Gasteiger partial charge on any atom is 0.0704 e. The Morgan fingerprint density at radius 2 is 2.08 bits per heavy atom. The van der Waals surface area contributed by atoms with Gasteiger partial charge in [0.2, 0.25) is 0 Å². The number of halogens is 2. The molecule has 0 bridgehead atoms. The van der Waals surface area contributed by atoms with Crippen molar-refractivity contribution in [1.82, 2.24) is 4.98 Å². The Balaban J connectivity index is 0. The molecule has 0 aliphatic rings. The molecule has 0 amide bonds. The minimum absolute atomic E-state index is 0. The molecule has 5 heteroatoms. The van der Waals surface area contributed by atoms with Gasteiger partial charge in [-0.1, -0.05) is 6.07 Å². The first-order valence-corrected chi connectivity index (χ1v) is 3.53. The fraction of sp³-hybridized carbons (Fsp3) is 0.375. The first-order valence-electron chi connectivity index (χ1n) is 3.53. The number of rotatable bonds is 2. The highest BCUT2D eigenvalue weighted by atomic mass is 35.5. The number of hydrogen-bond donors (Lipinski definition) is 2. The van der Waals surface area contributed by atoms with Gasteiger partial charge in [-0.05, 0) is 18.6 Å². The van der Waals surface area contributed by atoms with Crippen molar-refractivity contribution in [1.29, 1.82) is 0 Å². The molecule has 0 aliphatic carbocycles. The predicted molar refractivity (Wildman–Crippen MR) is 57.5 cm³/mol. The Morgan fingerprint density at radius 1 is 1.46 bits per heavy atom. The number of aromatic nitrogens is 1. The highest BCUT2D eigenvalue weighted by Gasteiger charge is 2.03. The van der Waals surface area contributed by atoms with E-state index in [1.54, 1.807) is 6.20 Å². The summed E-state index contributed by atoms with van der Waals surface area (Å²) in [6.07, 6.45) is 1.74. The van der Waals surface area contributed by atoms with E-state index in [-0.39, 0.29) is 37.5 Å². The molecule has 0 aromatic carbocycles. The first kappa shape index (κ1) is 15.1. The second-order valence-corrected chi connectivity index (χ2v) is 2.55. The summed E-state index contributed by atoms with van der Waals surface area (Å²) in [6.45, 7) is 1.90. The fourth-order valence-electron chi connectivity index (χ4n) is 0.792. The van der Waals surface area contributed by atoms with Gasteiger partial charge in [0.25, 0.3) is 0 Å². The van der Waals surface area contributed by atoms with Crippen LogP contribution in [0.1, 0.15) is 17.3 Å². The van der Waals surface area contributed by atoms with Gasteiger partial charge >= 0.3 is 0 Å². The number of hydrogen-bond acceptors (Lipinski definition) is 3. The van der Waals surface area contributed by atoms with Gasteiger partial charge in [-0.3, -0.25) is 4.98 Å². The van der Waals surface area contributed by atoms with Gasteiger partial charge in [0.15, 0.2) is 0 Å². The van der Waals surface area contributed by atoms with E-state index in [1.807, 2.05) is 19.1 Å². The van der Waals surface area contributed by atoms with Crippen LogP contribution in [-0.2, 0) is 0 Å². The van der Waals surface area contributed by atoms with E-state index in [0.29, 0.717) is 0 Å². The van der Waals surface area contributed by atoms with E-state index >= 15 is 0 Å². The summed E-state index contributed by atoms with van der Waals surface area (Å²) in [7, 11) is 0. The molecule has 0 fully saturated rings. The average molecular weight is 225 g/mol. The van der Waals surface area contributed by atoms with Gasteiger partial charge in [-0.15, -0.1) is 24.8 Å². The third-order valence-electron chi connectivity index (χ3n) is 1.51. The van der Waals surface area contributed by atoms with Crippen LogP contribution in [0, 0.1) is 6.92 Å². The predicted octanol–water partition coefficient (Wildman–Crippen LogP) is 1.23. The summed E-state index contributed by atoms with van der Waals surface area (Å²) < 4.78 is 0. The lowest BCUT2D eigenvalue weighted by molar-refractivity contribution is 0.266. The Morgan fingerprint density at radius 3 is 2.46 bits per heavy atom. The summed E-state index contributed by atoms with van der Waals surface area (Å²) in [5, 5.41) is 8.69. The Kier molecular flexibility index (Phi) is 8.26. The van der Waals surface area contributed by atoms with Crippen LogP contribution in [0.3, 0.4) is 0 Å². The Bertz CT molecular complexity index is 228. The first-order chi connectivity index (χ1) is 5.24. The molecule has 1 rings (SSSR count). The third-order valence-corrected chi connectivity index (χ3v) is 1.51. The van der Waals surface area contributed by atoms with Crippen molar-refractivity contribution in [2.45, 2.75) is 13.0 Å². The smallest absolute Gasteiger partial charge is 0.0704 e. The van der Waals surface area contributed by atoms with Gasteiger partial charge in [0, 0.05) is 6.20 Å². The molecular weight excluding hydrogens is 211 g/mol. The standard InChI is InChI=1S/C8H12N2O.2ClH/c1-6-2-3-8(10-4-6)7(9)5-11;;/h2-4,7,11H,5,9H2,1H3;2*1H/t7-;;/m1../s1. The highest BCUT2D eigenvalue weighted by Crippen LogP contribution is 2.05. The molecule has 3 nitrogen and oxygen atoms in total. The number of nitrogens with two attached hydrogens (primary N) is 1. The zero-order valence-corrected chi connectivity index (χ0v) is 8.94. The molecule has 0 spiro atoms. The molecule has 0 unspecified atom stereocenters. The van der Waals surface area contributed by atoms with Crippen LogP contribution in [-0.4, -0.2) is 16.7 Å². The van der Waals surface area contributed by atoms with Gasteiger partial charge in [-0.2, -0.15) is 0 Å². The molecule has 76 valence electrons. The van der Waals surface area contributed by atoms with Crippen LogP contribution in [0.5, 0.6) is 0 Å². The summed E-state index contributed by atoms with van der Waals surface area (Å²) >= 11 is 0. The number of nitrogens with zero attached hydrogens (tertiary/aromatic N) is 1. The van der Waals surface area contributed by atoms with E-state index in [4.69, 9.17) is 10.8 Å². The molecular formula is C8H14Cl2N2O. The topological polar surface area (TPSA) is 59.1 Å². The molecule has 0 saturated carbocycles. The number of aryl methyl sites for hydroxylation is 1. The molecule has 13 heavy (non-hydrogen) atoms. The SMILES string of the molecule is Cc1ccc([C@H](N)CO)nc1.Cl.Cl. The Labute approximate surface area is 90.2 Å². The van der Waals surface area contributed by atoms with Crippen LogP contribution in [0.25, 0.3) is 0 Å². The number of aliphatic hydroxyl groups is 1. The minimum Gasteiger partial charge on any atom is -0.394 e. The fourth-order valence-corrected chi connectivity index (χ4v) is 0.792. The second-order valence-electron chi connectivity index (χ2n) is 2.55. The van der Waals surface area contributed by atoms with Crippen LogP contribution >= 0.6 is 24.8 Å². The van der Waals surface area contributed by atoms with E-state index < -0.39 is 0 Å². The van der Waals surface area contributed by atoms with Crippen molar-refractivity contribution in [2.24, 2.45) is 5.73 Å². The lowest BCUT2D eigenvalue weighted by Gasteiger charge is -2.06. The number of aliphatic hydroxyl groups excluding tert-OH is 1. The summed E-state index contributed by atoms with van der Waals surface area (Å²) in [5.74, 6) is 0. The zero-order valence-electron chi connectivity index (χ0n) is 7.30. The highest BCUT2D eigenvalue weighted by molar-refractivity contribution is 5.85. The monoisotopic (exact) mass is 224 g/mol. The maximum atomic E-state index is 8.69. The minimum atomic E-state index is -0.351. The normalized spacial score (nSPS) is 11.0. The van der Waals surface area contributed by atoms with E-state index in [9.17, 15) is 0 Å². The quantitative estimate of drug-likeness (QED) is 0.795. The van der Waals surface area contributed by atoms with Crippen LogP contribution in [0.2, 0.25) is 0 Å². The molecule has 1 heterocycles. The lowest BCUT2D eigenvalue weighted by Crippen LogP contribution is -2.15. The van der Waals surface area contributed by atoms with Gasteiger partial charge in [0.1, 0.15) is 0 Å². The summed E-state index contributed by atoms with van der Waals surface area (Å²) in [4.78, 5) is 4.06. The average Bonchev–Trinajstić information content (AvgIpc) is 2.05. The maximum absolute atomic E-state index is 8.69. The largest absolute Gasteiger partial charge is 0.394 e. The summed E-state index contributed by atoms with van der Waals surface area (Å²) in [5.41, 5.74) is 7.36. The Hall–Kier alpha value is -0.350. The van der Waals surface area contributed by atoms with E-state index in [2.05, 4.69) is 4.98 Å². The van der Waals surface area contributed by atoms with Crippen molar-refractivity contribution in [2.75, 3.05) is 6.61 Å². The lowest BCUT2D eigenvalue weighted by atomic mass is 10.2. The molecule has 1 atom stereocenters. The van der Waals surface area contributed by atoms with Crippen molar-refractivity contribution in [3.05, 3.63) is 29.6 Å². The molecule has 0 aliphatic heterocycles. The van der Waals surface area contributed by atoms with Crippen LogP contribution in [0.4, 0.5) is 0 Å². The van der Waals surface area contributed by atoms with Crippen LogP contribution < -0.4 is 5.73 Å². The van der Waals surface area contributed by atoms with Gasteiger partial charge < -0.3 is 10.8 Å². The molecule has 0 saturated heterocycles. The third kappa shape index (κ3) is 4.43. The molecule has 1 aromatic rings. The molecule has 1 aromatic heterocycles. The van der Waals surface area contributed by atoms with Gasteiger partial charge in [0.05, 0.1) is 18.3 Å². The summed E-state index contributed by atoms with van der Waals surface area (Å²) in [6, 6.07) is 3.41. The zero-order chi connectivity index (χ0) is 8.27. The van der Waals surface area contributed by atoms with Crippen molar-refractivity contribution in [3.8, 4) is 0 Å². The van der Waals surface area contributed by atoms with Crippen molar-refractivity contribution < 1.29 is 5.11 Å². The van der Waals surface area contributed by atoms with Crippen molar-refractivity contribution >= 4 is 24.8 Å². The molecule has 0 radical (unpaired) electrons.